The fraction of sp³-hybridized carbons (Fsp3) is 0.227. The molecular formula is C22H19ClF2N2O2S3. The predicted octanol–water partition coefficient (Wildman–Crippen LogP) is 6.85. The summed E-state index contributed by atoms with van der Waals surface area (Å²) in [7, 11) is -4.15. The Bertz CT molecular complexity index is 1230. The highest BCUT2D eigenvalue weighted by molar-refractivity contribution is 7.99. The van der Waals surface area contributed by atoms with E-state index in [2.05, 4.69) is 15.8 Å². The third kappa shape index (κ3) is 5.33. The van der Waals surface area contributed by atoms with Crippen LogP contribution in [-0.4, -0.2) is 19.2 Å². The molecule has 32 heavy (non-hydrogen) atoms. The van der Waals surface area contributed by atoms with Crippen LogP contribution in [0.1, 0.15) is 24.8 Å². The summed E-state index contributed by atoms with van der Waals surface area (Å²) in [5.74, 6) is -0.185. The standard InChI is InChI=1S/C22H19ClF2N2O2S3/c23-18-9-21(32(28,29)27-22-12-30-13-26-22)19(25)10-20(18)31-11-15-3-1-2-4-17(15)14-5-7-16(24)8-6-14/h4-10,12-13,15,27H,1-3,11H2. The summed E-state index contributed by atoms with van der Waals surface area (Å²) >= 11 is 8.93. The molecule has 2 aromatic carbocycles. The molecule has 0 fully saturated rings. The van der Waals surface area contributed by atoms with Crippen molar-refractivity contribution in [3.63, 3.8) is 0 Å². The molecule has 1 aliphatic carbocycles. The van der Waals surface area contributed by atoms with Crippen LogP contribution in [0.5, 0.6) is 0 Å². The average molecular weight is 513 g/mol. The Hall–Kier alpha value is -1.94. The minimum absolute atomic E-state index is 0.126. The van der Waals surface area contributed by atoms with Crippen molar-refractivity contribution in [2.45, 2.75) is 29.1 Å². The molecule has 1 heterocycles. The number of rotatable bonds is 7. The fourth-order valence-electron chi connectivity index (χ4n) is 3.59. The van der Waals surface area contributed by atoms with Gasteiger partial charge in [0.2, 0.25) is 0 Å². The predicted molar refractivity (Wildman–Crippen MR) is 127 cm³/mol. The lowest BCUT2D eigenvalue weighted by Gasteiger charge is -2.25. The number of sulfonamides is 1. The number of nitrogens with one attached hydrogen (secondary N) is 1. The minimum Gasteiger partial charge on any atom is -0.263 e. The zero-order valence-corrected chi connectivity index (χ0v) is 19.9. The number of anilines is 1. The summed E-state index contributed by atoms with van der Waals surface area (Å²) in [4.78, 5) is 3.81. The molecule has 0 saturated heterocycles. The number of allylic oxidation sites excluding steroid dienone is 2. The molecular weight excluding hydrogens is 494 g/mol. The molecule has 0 radical (unpaired) electrons. The summed E-state index contributed by atoms with van der Waals surface area (Å²) in [6.07, 6.45) is 5.13. The average Bonchev–Trinajstić information content (AvgIpc) is 3.27. The largest absolute Gasteiger partial charge is 0.266 e. The monoisotopic (exact) mass is 512 g/mol. The first-order chi connectivity index (χ1) is 15.3. The van der Waals surface area contributed by atoms with Crippen LogP contribution in [0, 0.1) is 17.6 Å². The summed E-state index contributed by atoms with van der Waals surface area (Å²) < 4.78 is 55.3. The maximum Gasteiger partial charge on any atom is 0.266 e. The second-order valence-corrected chi connectivity index (χ2v) is 11.1. The van der Waals surface area contributed by atoms with Crippen molar-refractivity contribution in [3.8, 4) is 0 Å². The Labute approximate surface area is 198 Å². The lowest BCUT2D eigenvalue weighted by molar-refractivity contribution is 0.568. The van der Waals surface area contributed by atoms with Gasteiger partial charge in [-0.1, -0.05) is 29.8 Å². The molecule has 1 atom stereocenters. The summed E-state index contributed by atoms with van der Waals surface area (Å²) in [6.45, 7) is 0. The Morgan fingerprint density at radius 2 is 2.00 bits per heavy atom. The van der Waals surface area contributed by atoms with Crippen molar-refractivity contribution in [1.29, 1.82) is 0 Å². The van der Waals surface area contributed by atoms with Crippen molar-refractivity contribution in [2.75, 3.05) is 10.5 Å². The van der Waals surface area contributed by atoms with Gasteiger partial charge in [-0.05, 0) is 60.6 Å². The van der Waals surface area contributed by atoms with Gasteiger partial charge < -0.3 is 0 Å². The highest BCUT2D eigenvalue weighted by atomic mass is 35.5. The second kappa shape index (κ2) is 9.91. The number of thioether (sulfide) groups is 1. The van der Waals surface area contributed by atoms with E-state index >= 15 is 0 Å². The molecule has 1 N–H and O–H groups in total. The third-order valence-electron chi connectivity index (χ3n) is 5.13. The third-order valence-corrected chi connectivity index (χ3v) is 8.72. The molecule has 3 aromatic rings. The Balaban J connectivity index is 1.51. The maximum atomic E-state index is 14.7. The van der Waals surface area contributed by atoms with Gasteiger partial charge in [0, 0.05) is 16.0 Å². The molecule has 1 aliphatic rings. The van der Waals surface area contributed by atoms with E-state index in [0.717, 1.165) is 42.5 Å². The molecule has 4 nitrogen and oxygen atoms in total. The Morgan fingerprint density at radius 3 is 2.72 bits per heavy atom. The molecule has 4 rings (SSSR count). The van der Waals surface area contributed by atoms with E-state index in [1.54, 1.807) is 12.1 Å². The zero-order chi connectivity index (χ0) is 22.7. The quantitative estimate of drug-likeness (QED) is 0.352. The van der Waals surface area contributed by atoms with Gasteiger partial charge in [0.15, 0.2) is 5.82 Å². The molecule has 0 bridgehead atoms. The molecule has 1 unspecified atom stereocenters. The molecule has 168 valence electrons. The Morgan fingerprint density at radius 1 is 1.22 bits per heavy atom. The van der Waals surface area contributed by atoms with E-state index in [-0.39, 0.29) is 22.6 Å². The molecule has 0 amide bonds. The SMILES string of the molecule is O=S(=O)(Nc1cscn1)c1cc(Cl)c(SCC2CCCC=C2c2ccc(F)cc2)cc1F. The molecule has 0 aliphatic heterocycles. The molecule has 0 saturated carbocycles. The zero-order valence-electron chi connectivity index (χ0n) is 16.7. The number of hydrogen-bond acceptors (Lipinski definition) is 5. The van der Waals surface area contributed by atoms with Crippen LogP contribution in [0.3, 0.4) is 0 Å². The van der Waals surface area contributed by atoms with Gasteiger partial charge in [0.25, 0.3) is 10.0 Å². The first-order valence-corrected chi connectivity index (χ1v) is 13.6. The summed E-state index contributed by atoms with van der Waals surface area (Å²) in [6, 6.07) is 8.72. The normalized spacial score (nSPS) is 16.6. The van der Waals surface area contributed by atoms with Crippen LogP contribution in [0.25, 0.3) is 5.57 Å². The first-order valence-electron chi connectivity index (χ1n) is 9.82. The number of hydrogen-bond donors (Lipinski definition) is 1. The van der Waals surface area contributed by atoms with E-state index < -0.39 is 20.7 Å². The van der Waals surface area contributed by atoms with Gasteiger partial charge in [-0.2, -0.15) is 0 Å². The van der Waals surface area contributed by atoms with Crippen molar-refractivity contribution in [3.05, 3.63) is 75.6 Å². The van der Waals surface area contributed by atoms with Crippen LogP contribution in [0.2, 0.25) is 5.02 Å². The van der Waals surface area contributed by atoms with Crippen molar-refractivity contribution in [2.24, 2.45) is 5.92 Å². The van der Waals surface area contributed by atoms with E-state index in [1.165, 1.54) is 46.1 Å². The fourth-order valence-corrected chi connectivity index (χ4v) is 6.73. The highest BCUT2D eigenvalue weighted by Gasteiger charge is 2.24. The van der Waals surface area contributed by atoms with E-state index in [1.807, 2.05) is 0 Å². The summed E-state index contributed by atoms with van der Waals surface area (Å²) in [5.41, 5.74) is 3.59. The number of halogens is 3. The molecule has 1 aromatic heterocycles. The van der Waals surface area contributed by atoms with E-state index in [4.69, 9.17) is 11.6 Å². The van der Waals surface area contributed by atoms with E-state index in [0.29, 0.717) is 10.6 Å². The van der Waals surface area contributed by atoms with E-state index in [9.17, 15) is 17.2 Å². The van der Waals surface area contributed by atoms with Crippen LogP contribution in [0.4, 0.5) is 14.6 Å². The molecule has 10 heteroatoms. The maximum absolute atomic E-state index is 14.7. The number of thiazole rings is 1. The topological polar surface area (TPSA) is 59.1 Å². The second-order valence-electron chi connectivity index (χ2n) is 7.30. The highest BCUT2D eigenvalue weighted by Crippen LogP contribution is 2.39. The minimum atomic E-state index is -4.15. The lowest BCUT2D eigenvalue weighted by atomic mass is 9.85. The number of aromatic nitrogens is 1. The van der Waals surface area contributed by atoms with Crippen molar-refractivity contribution >= 4 is 56.1 Å². The van der Waals surface area contributed by atoms with Crippen molar-refractivity contribution in [1.82, 2.24) is 4.98 Å². The summed E-state index contributed by atoms with van der Waals surface area (Å²) in [5, 5.41) is 1.68. The Kier molecular flexibility index (Phi) is 7.19. The number of benzene rings is 2. The van der Waals surface area contributed by atoms with Gasteiger partial charge in [-0.3, -0.25) is 4.72 Å². The smallest absolute Gasteiger partial charge is 0.263 e. The van der Waals surface area contributed by atoms with Crippen molar-refractivity contribution < 1.29 is 17.2 Å². The van der Waals surface area contributed by atoms with Crippen LogP contribution >= 0.6 is 34.7 Å². The van der Waals surface area contributed by atoms with Crippen LogP contribution in [-0.2, 0) is 10.0 Å². The lowest BCUT2D eigenvalue weighted by Crippen LogP contribution is -2.15. The first kappa shape index (κ1) is 23.2. The molecule has 0 spiro atoms. The van der Waals surface area contributed by atoms with Gasteiger partial charge >= 0.3 is 0 Å². The van der Waals surface area contributed by atoms with Gasteiger partial charge in [-0.15, -0.1) is 23.1 Å². The van der Waals surface area contributed by atoms with Gasteiger partial charge in [0.1, 0.15) is 16.5 Å². The van der Waals surface area contributed by atoms with Gasteiger partial charge in [-0.25, -0.2) is 22.2 Å². The number of nitrogens with zero attached hydrogens (tertiary/aromatic N) is 1. The van der Waals surface area contributed by atoms with Crippen LogP contribution in [0.15, 0.2) is 63.2 Å². The van der Waals surface area contributed by atoms with Gasteiger partial charge in [0.05, 0.1) is 10.5 Å². The van der Waals surface area contributed by atoms with Crippen LogP contribution < -0.4 is 4.72 Å².